The smallest absolute Gasteiger partial charge is 0.270 e. The topological polar surface area (TPSA) is 60.5 Å². The fourth-order valence-corrected chi connectivity index (χ4v) is 5.17. The van der Waals surface area contributed by atoms with Crippen LogP contribution in [0.5, 0.6) is 5.75 Å². The molecule has 2 aromatic heterocycles. The molecule has 1 fully saturated rings. The molecule has 0 atom stereocenters. The second-order valence-corrected chi connectivity index (χ2v) is 8.37. The van der Waals surface area contributed by atoms with Gasteiger partial charge in [-0.05, 0) is 54.5 Å². The molecule has 2 aliphatic heterocycles. The minimum absolute atomic E-state index is 0.145. The number of fused-ring (bicyclic) bond motifs is 3. The Kier molecular flexibility index (Phi) is 4.16. The molecule has 0 bridgehead atoms. The maximum Gasteiger partial charge on any atom is 0.270 e. The third kappa shape index (κ3) is 2.63. The van der Waals surface area contributed by atoms with Gasteiger partial charge in [0.25, 0.3) is 5.91 Å². The van der Waals surface area contributed by atoms with Gasteiger partial charge >= 0.3 is 0 Å². The number of ether oxygens (including phenoxy) is 1. The Morgan fingerprint density at radius 2 is 1.96 bits per heavy atom. The van der Waals surface area contributed by atoms with Crippen molar-refractivity contribution in [3.63, 3.8) is 0 Å². The van der Waals surface area contributed by atoms with Crippen molar-refractivity contribution < 1.29 is 9.53 Å². The predicted molar refractivity (Wildman–Crippen MR) is 113 cm³/mol. The summed E-state index contributed by atoms with van der Waals surface area (Å²) in [6, 6.07) is 10.3. The number of aryl methyl sites for hydroxylation is 1. The highest BCUT2D eigenvalue weighted by Gasteiger charge is 2.30. The molecule has 144 valence electrons. The van der Waals surface area contributed by atoms with E-state index in [9.17, 15) is 4.79 Å². The number of hydrogen-bond acceptors (Lipinski definition) is 4. The van der Waals surface area contributed by atoms with Crippen molar-refractivity contribution in [3.05, 3.63) is 47.0 Å². The molecule has 0 saturated carbocycles. The van der Waals surface area contributed by atoms with Crippen molar-refractivity contribution in [1.82, 2.24) is 9.47 Å². The summed E-state index contributed by atoms with van der Waals surface area (Å²) in [5.41, 5.74) is 12.2. The molecular weight excluding hydrogens is 370 g/mol. The zero-order valence-electron chi connectivity index (χ0n) is 15.9. The van der Waals surface area contributed by atoms with Gasteiger partial charge in [-0.1, -0.05) is 6.07 Å². The number of benzene rings is 1. The number of carbonyl (C=O) groups is 1. The van der Waals surface area contributed by atoms with Crippen LogP contribution in [0.2, 0.25) is 0 Å². The molecule has 0 unspecified atom stereocenters. The number of thiophene rings is 1. The number of likely N-dealkylation sites (tertiary alicyclic amines) is 1. The highest BCUT2D eigenvalue weighted by molar-refractivity contribution is 7.13. The van der Waals surface area contributed by atoms with Gasteiger partial charge in [-0.3, -0.25) is 4.79 Å². The molecule has 0 spiro atoms. The number of aromatic nitrogens is 1. The van der Waals surface area contributed by atoms with E-state index in [1.807, 2.05) is 17.0 Å². The number of anilines is 1. The Hall–Kier alpha value is -2.73. The molecular formula is C22H23N3O2S. The maximum atomic E-state index is 13.2. The van der Waals surface area contributed by atoms with Gasteiger partial charge in [0.15, 0.2) is 0 Å². The lowest BCUT2D eigenvalue weighted by Crippen LogP contribution is -2.30. The second-order valence-electron chi connectivity index (χ2n) is 7.42. The second kappa shape index (κ2) is 6.71. The van der Waals surface area contributed by atoms with Crippen molar-refractivity contribution in [2.45, 2.75) is 25.8 Å². The fraction of sp³-hybridized carbons (Fsp3) is 0.318. The standard InChI is InChI=1S/C22H23N3O2S/c1-27-19-11-14-6-9-25-18(22(26)24-7-2-3-8-24)13-16(20-5-4-10-28-20)21(25)15(14)12-17(19)23/h4-5,10-13H,2-3,6-9,23H2,1H3. The monoisotopic (exact) mass is 393 g/mol. The van der Waals surface area contributed by atoms with Crippen LogP contribution in [0.1, 0.15) is 28.9 Å². The lowest BCUT2D eigenvalue weighted by Gasteiger charge is -2.24. The molecule has 6 heteroatoms. The molecule has 5 nitrogen and oxygen atoms in total. The highest BCUT2D eigenvalue weighted by Crippen LogP contribution is 2.44. The zero-order chi connectivity index (χ0) is 19.3. The summed E-state index contributed by atoms with van der Waals surface area (Å²) in [6.07, 6.45) is 3.05. The largest absolute Gasteiger partial charge is 0.495 e. The summed E-state index contributed by atoms with van der Waals surface area (Å²) in [5, 5.41) is 2.08. The Labute approximate surface area is 168 Å². The van der Waals surface area contributed by atoms with Crippen LogP contribution in [-0.2, 0) is 13.0 Å². The van der Waals surface area contributed by atoms with Crippen LogP contribution < -0.4 is 10.5 Å². The average Bonchev–Trinajstić information content (AvgIpc) is 3.47. The number of nitrogen functional groups attached to an aromatic ring is 1. The number of amides is 1. The van der Waals surface area contributed by atoms with E-state index in [1.165, 1.54) is 10.4 Å². The quantitative estimate of drug-likeness (QED) is 0.676. The Morgan fingerprint density at radius 1 is 1.14 bits per heavy atom. The molecule has 2 N–H and O–H groups in total. The highest BCUT2D eigenvalue weighted by atomic mass is 32.1. The molecule has 28 heavy (non-hydrogen) atoms. The maximum absolute atomic E-state index is 13.2. The van der Waals surface area contributed by atoms with E-state index < -0.39 is 0 Å². The van der Waals surface area contributed by atoms with E-state index >= 15 is 0 Å². The summed E-state index contributed by atoms with van der Waals surface area (Å²) < 4.78 is 7.62. The zero-order valence-corrected chi connectivity index (χ0v) is 16.7. The van der Waals surface area contributed by atoms with Crippen LogP contribution in [0, 0.1) is 0 Å². The van der Waals surface area contributed by atoms with Gasteiger partial charge in [0, 0.05) is 35.6 Å². The molecule has 5 rings (SSSR count). The van der Waals surface area contributed by atoms with E-state index in [-0.39, 0.29) is 5.91 Å². The average molecular weight is 394 g/mol. The van der Waals surface area contributed by atoms with Crippen molar-refractivity contribution in [2.24, 2.45) is 0 Å². The van der Waals surface area contributed by atoms with E-state index in [1.54, 1.807) is 18.4 Å². The van der Waals surface area contributed by atoms with Crippen LogP contribution in [0.15, 0.2) is 35.7 Å². The summed E-state index contributed by atoms with van der Waals surface area (Å²) in [6.45, 7) is 2.50. The summed E-state index contributed by atoms with van der Waals surface area (Å²) >= 11 is 1.70. The lowest BCUT2D eigenvalue weighted by molar-refractivity contribution is 0.0782. The first-order chi connectivity index (χ1) is 13.7. The normalized spacial score (nSPS) is 15.4. The van der Waals surface area contributed by atoms with E-state index in [0.29, 0.717) is 11.4 Å². The Balaban J connectivity index is 1.71. The summed E-state index contributed by atoms with van der Waals surface area (Å²) in [7, 11) is 1.65. The van der Waals surface area contributed by atoms with Gasteiger partial charge in [-0.25, -0.2) is 0 Å². The number of hydrogen-bond donors (Lipinski definition) is 1. The molecule has 1 aromatic carbocycles. The van der Waals surface area contributed by atoms with Crippen molar-refractivity contribution >= 4 is 22.9 Å². The number of rotatable bonds is 3. The van der Waals surface area contributed by atoms with Crippen LogP contribution in [0.4, 0.5) is 5.69 Å². The number of carbonyl (C=O) groups excluding carboxylic acids is 1. The van der Waals surface area contributed by atoms with E-state index in [4.69, 9.17) is 10.5 Å². The fourth-order valence-electron chi connectivity index (χ4n) is 4.43. The number of methoxy groups -OCH3 is 1. The van der Waals surface area contributed by atoms with Crippen LogP contribution in [0.3, 0.4) is 0 Å². The third-order valence-electron chi connectivity index (χ3n) is 5.81. The van der Waals surface area contributed by atoms with Gasteiger partial charge < -0.3 is 19.9 Å². The van der Waals surface area contributed by atoms with Crippen LogP contribution in [-0.4, -0.2) is 35.6 Å². The van der Waals surface area contributed by atoms with Crippen molar-refractivity contribution in [2.75, 3.05) is 25.9 Å². The molecule has 1 saturated heterocycles. The number of nitrogens with two attached hydrogens (primary N) is 1. The van der Waals surface area contributed by atoms with Crippen LogP contribution in [0.25, 0.3) is 21.7 Å². The van der Waals surface area contributed by atoms with Gasteiger partial charge in [-0.2, -0.15) is 0 Å². The summed E-state index contributed by atoms with van der Waals surface area (Å²) in [4.78, 5) is 16.4. The van der Waals surface area contributed by atoms with Crippen LogP contribution >= 0.6 is 11.3 Å². The van der Waals surface area contributed by atoms with Gasteiger partial charge in [-0.15, -0.1) is 11.3 Å². The Morgan fingerprint density at radius 3 is 2.68 bits per heavy atom. The molecule has 3 aromatic rings. The van der Waals surface area contributed by atoms with E-state index in [0.717, 1.165) is 61.4 Å². The predicted octanol–water partition coefficient (Wildman–Crippen LogP) is 4.27. The molecule has 0 aliphatic carbocycles. The van der Waals surface area contributed by atoms with Crippen molar-refractivity contribution in [3.8, 4) is 27.4 Å². The first-order valence-corrected chi connectivity index (χ1v) is 10.6. The van der Waals surface area contributed by atoms with Gasteiger partial charge in [0.2, 0.25) is 0 Å². The molecule has 2 aliphatic rings. The lowest BCUT2D eigenvalue weighted by atomic mass is 9.95. The number of nitrogens with zero attached hydrogens (tertiary/aromatic N) is 2. The third-order valence-corrected chi connectivity index (χ3v) is 6.71. The molecule has 0 radical (unpaired) electrons. The Bertz CT molecular complexity index is 1050. The summed E-state index contributed by atoms with van der Waals surface area (Å²) in [5.74, 6) is 0.858. The first-order valence-electron chi connectivity index (χ1n) is 9.71. The van der Waals surface area contributed by atoms with Gasteiger partial charge in [0.1, 0.15) is 11.4 Å². The van der Waals surface area contributed by atoms with Gasteiger partial charge in [0.05, 0.1) is 18.5 Å². The first kappa shape index (κ1) is 17.4. The molecule has 4 heterocycles. The molecule has 1 amide bonds. The van der Waals surface area contributed by atoms with Crippen molar-refractivity contribution in [1.29, 1.82) is 0 Å². The van der Waals surface area contributed by atoms with E-state index in [2.05, 4.69) is 28.1 Å². The SMILES string of the molecule is COc1cc2c(cc1N)-c1c(-c3cccs3)cc(C(=O)N3CCCC3)n1CC2. The minimum Gasteiger partial charge on any atom is -0.495 e. The minimum atomic E-state index is 0.145.